The van der Waals surface area contributed by atoms with Crippen molar-refractivity contribution in [3.63, 3.8) is 0 Å². The molecule has 0 radical (unpaired) electrons. The van der Waals surface area contributed by atoms with Gasteiger partial charge in [0, 0.05) is 37.1 Å². The highest BCUT2D eigenvalue weighted by Crippen LogP contribution is 2.50. The Morgan fingerprint density at radius 3 is 2.41 bits per heavy atom. The molecule has 0 aliphatic carbocycles. The fourth-order valence-electron chi connectivity index (χ4n) is 4.58. The summed E-state index contributed by atoms with van der Waals surface area (Å²) in [5.74, 6) is 3.59. The lowest BCUT2D eigenvalue weighted by Gasteiger charge is -2.45. The van der Waals surface area contributed by atoms with Crippen molar-refractivity contribution in [2.45, 2.75) is 37.8 Å². The zero-order valence-electron chi connectivity index (χ0n) is 15.9. The van der Waals surface area contributed by atoms with Crippen LogP contribution in [0, 0.1) is 0 Å². The average molecular weight is 367 g/mol. The van der Waals surface area contributed by atoms with E-state index < -0.39 is 0 Å². The smallest absolute Gasteiger partial charge is 0.231 e. The van der Waals surface area contributed by atoms with E-state index >= 15 is 0 Å². The molecule has 5 rings (SSSR count). The Morgan fingerprint density at radius 1 is 1.00 bits per heavy atom. The summed E-state index contributed by atoms with van der Waals surface area (Å²) < 4.78 is 23.2. The zero-order valence-corrected chi connectivity index (χ0v) is 15.9. The Kier molecular flexibility index (Phi) is 3.93. The van der Waals surface area contributed by atoms with Gasteiger partial charge >= 0.3 is 0 Å². The van der Waals surface area contributed by atoms with Crippen molar-refractivity contribution in [3.8, 4) is 23.0 Å². The molecule has 3 aliphatic heterocycles. The van der Waals surface area contributed by atoms with Crippen molar-refractivity contribution in [2.75, 3.05) is 27.0 Å². The molecule has 3 aliphatic rings. The number of ether oxygens (including phenoxy) is 4. The van der Waals surface area contributed by atoms with Crippen molar-refractivity contribution < 1.29 is 18.9 Å². The second kappa shape index (κ2) is 6.34. The molecule has 5 nitrogen and oxygen atoms in total. The van der Waals surface area contributed by atoms with Gasteiger partial charge in [-0.1, -0.05) is 12.1 Å². The Balaban J connectivity index is 1.59. The maximum Gasteiger partial charge on any atom is 0.231 e. The molecule has 0 aromatic heterocycles. The van der Waals surface area contributed by atoms with Gasteiger partial charge in [-0.25, -0.2) is 0 Å². The third kappa shape index (κ3) is 2.81. The van der Waals surface area contributed by atoms with E-state index in [1.807, 2.05) is 18.2 Å². The molecule has 3 heterocycles. The minimum Gasteiger partial charge on any atom is -0.497 e. The lowest BCUT2D eigenvalue weighted by atomic mass is 9.81. The summed E-state index contributed by atoms with van der Waals surface area (Å²) in [6.07, 6.45) is 3.38. The first kappa shape index (κ1) is 16.8. The quantitative estimate of drug-likeness (QED) is 0.815. The van der Waals surface area contributed by atoms with Crippen LogP contribution in [0.2, 0.25) is 0 Å². The Labute approximate surface area is 159 Å². The molecule has 0 amide bonds. The second-order valence-electron chi connectivity index (χ2n) is 7.74. The fraction of sp³-hybridized carbons (Fsp3) is 0.455. The van der Waals surface area contributed by atoms with E-state index in [1.54, 1.807) is 7.11 Å². The van der Waals surface area contributed by atoms with E-state index in [0.717, 1.165) is 42.5 Å². The topological polar surface area (TPSA) is 40.2 Å². The fourth-order valence-corrected chi connectivity index (χ4v) is 4.58. The molecule has 0 bridgehead atoms. The standard InChI is InChI=1S/C22H25NO4/c1-22(23-9-3-4-10-23)13-18(15-5-7-16(24-2)8-6-15)17-11-20-21(26-14-25-20)12-19(17)27-22/h5-8,11-12,18H,3-4,9-10,13-14H2,1-2H3. The monoisotopic (exact) mass is 367 g/mol. The van der Waals surface area contributed by atoms with Crippen molar-refractivity contribution in [2.24, 2.45) is 0 Å². The van der Waals surface area contributed by atoms with Crippen LogP contribution in [0.1, 0.15) is 43.2 Å². The van der Waals surface area contributed by atoms with E-state index in [2.05, 4.69) is 30.0 Å². The summed E-state index contributed by atoms with van der Waals surface area (Å²) in [7, 11) is 1.70. The Morgan fingerprint density at radius 2 is 1.70 bits per heavy atom. The average Bonchev–Trinajstić information content (AvgIpc) is 3.38. The van der Waals surface area contributed by atoms with Gasteiger partial charge in [-0.2, -0.15) is 0 Å². The molecule has 0 saturated carbocycles. The molecule has 2 atom stereocenters. The van der Waals surface area contributed by atoms with Crippen LogP contribution in [0.15, 0.2) is 36.4 Å². The molecule has 2 aromatic rings. The number of likely N-dealkylation sites (tertiary alicyclic amines) is 1. The first-order valence-corrected chi connectivity index (χ1v) is 9.68. The Bertz CT molecular complexity index is 844. The summed E-state index contributed by atoms with van der Waals surface area (Å²) in [6, 6.07) is 12.5. The summed E-state index contributed by atoms with van der Waals surface area (Å²) in [6.45, 7) is 4.68. The van der Waals surface area contributed by atoms with E-state index in [4.69, 9.17) is 18.9 Å². The van der Waals surface area contributed by atoms with Gasteiger partial charge in [0.05, 0.1) is 7.11 Å². The van der Waals surface area contributed by atoms with Crippen LogP contribution in [0.4, 0.5) is 0 Å². The number of benzene rings is 2. The minimum absolute atomic E-state index is 0.236. The third-order valence-electron chi connectivity index (χ3n) is 6.09. The second-order valence-corrected chi connectivity index (χ2v) is 7.74. The molecule has 5 heteroatoms. The maximum absolute atomic E-state index is 6.59. The summed E-state index contributed by atoms with van der Waals surface area (Å²) >= 11 is 0. The molecular weight excluding hydrogens is 342 g/mol. The van der Waals surface area contributed by atoms with Gasteiger partial charge in [-0.05, 0) is 43.5 Å². The van der Waals surface area contributed by atoms with Gasteiger partial charge in [0.25, 0.3) is 0 Å². The predicted octanol–water partition coefficient (Wildman–Crippen LogP) is 4.15. The van der Waals surface area contributed by atoms with E-state index in [9.17, 15) is 0 Å². The van der Waals surface area contributed by atoms with Gasteiger partial charge in [-0.3, -0.25) is 4.90 Å². The third-order valence-corrected chi connectivity index (χ3v) is 6.09. The summed E-state index contributed by atoms with van der Waals surface area (Å²) in [5.41, 5.74) is 2.12. The molecule has 2 aromatic carbocycles. The highest BCUT2D eigenvalue weighted by Gasteiger charge is 2.44. The van der Waals surface area contributed by atoms with E-state index in [-0.39, 0.29) is 18.4 Å². The van der Waals surface area contributed by atoms with Gasteiger partial charge in [0.1, 0.15) is 11.5 Å². The van der Waals surface area contributed by atoms with Crippen molar-refractivity contribution >= 4 is 0 Å². The van der Waals surface area contributed by atoms with Gasteiger partial charge in [0.15, 0.2) is 17.2 Å². The molecule has 0 N–H and O–H groups in total. The number of fused-ring (bicyclic) bond motifs is 2. The van der Waals surface area contributed by atoms with Crippen LogP contribution in [0.3, 0.4) is 0 Å². The van der Waals surface area contributed by atoms with Crippen LogP contribution < -0.4 is 18.9 Å². The van der Waals surface area contributed by atoms with Crippen molar-refractivity contribution in [1.82, 2.24) is 4.90 Å². The minimum atomic E-state index is -0.318. The van der Waals surface area contributed by atoms with Crippen LogP contribution >= 0.6 is 0 Å². The normalized spacial score (nSPS) is 26.5. The SMILES string of the molecule is COc1ccc(C2CC(C)(N3CCCC3)Oc3cc4c(cc32)OCO4)cc1. The van der Waals surface area contributed by atoms with Crippen molar-refractivity contribution in [3.05, 3.63) is 47.5 Å². The van der Waals surface area contributed by atoms with Crippen LogP contribution in [-0.4, -0.2) is 37.6 Å². The molecule has 0 spiro atoms. The highest BCUT2D eigenvalue weighted by atomic mass is 16.7. The highest BCUT2D eigenvalue weighted by molar-refractivity contribution is 5.56. The number of hydrogen-bond acceptors (Lipinski definition) is 5. The first-order chi connectivity index (χ1) is 13.2. The molecule has 2 unspecified atom stereocenters. The largest absolute Gasteiger partial charge is 0.497 e. The summed E-state index contributed by atoms with van der Waals surface area (Å²) in [5, 5.41) is 0. The van der Waals surface area contributed by atoms with Gasteiger partial charge < -0.3 is 18.9 Å². The molecular formula is C22H25NO4. The lowest BCUT2D eigenvalue weighted by molar-refractivity contribution is -0.0768. The molecule has 142 valence electrons. The van der Waals surface area contributed by atoms with E-state index in [1.165, 1.54) is 24.0 Å². The lowest BCUT2D eigenvalue weighted by Crippen LogP contribution is -2.52. The van der Waals surface area contributed by atoms with E-state index in [0.29, 0.717) is 0 Å². The van der Waals surface area contributed by atoms with Gasteiger partial charge in [0.2, 0.25) is 6.79 Å². The summed E-state index contributed by atoms with van der Waals surface area (Å²) in [4.78, 5) is 2.48. The zero-order chi connectivity index (χ0) is 18.4. The Hall–Kier alpha value is -2.40. The molecule has 1 fully saturated rings. The van der Waals surface area contributed by atoms with Crippen LogP contribution in [0.25, 0.3) is 0 Å². The first-order valence-electron chi connectivity index (χ1n) is 9.68. The number of methoxy groups -OCH3 is 1. The number of rotatable bonds is 3. The molecule has 27 heavy (non-hydrogen) atoms. The predicted molar refractivity (Wildman–Crippen MR) is 102 cm³/mol. The number of hydrogen-bond donors (Lipinski definition) is 0. The van der Waals surface area contributed by atoms with Crippen LogP contribution in [0.5, 0.6) is 23.0 Å². The maximum atomic E-state index is 6.59. The molecule has 1 saturated heterocycles. The number of nitrogens with zero attached hydrogens (tertiary/aromatic N) is 1. The van der Waals surface area contributed by atoms with Gasteiger partial charge in [-0.15, -0.1) is 0 Å². The van der Waals surface area contributed by atoms with Crippen LogP contribution in [-0.2, 0) is 0 Å². The van der Waals surface area contributed by atoms with Crippen molar-refractivity contribution in [1.29, 1.82) is 0 Å².